The molecule has 0 saturated heterocycles. The van der Waals surface area contributed by atoms with Gasteiger partial charge in [-0.15, -0.1) is 0 Å². The van der Waals surface area contributed by atoms with Gasteiger partial charge < -0.3 is 0 Å². The van der Waals surface area contributed by atoms with Crippen molar-refractivity contribution >= 4 is 0 Å². The molecule has 23 atom stereocenters. The first-order valence-corrected chi connectivity index (χ1v) is 50.9. The molecule has 1 spiro atoms. The number of rotatable bonds is 0. The van der Waals surface area contributed by atoms with Gasteiger partial charge in [0.05, 0.1) is 0 Å². The zero-order chi connectivity index (χ0) is 65.9. The quantitative estimate of drug-likeness (QED) is 0.212. The second kappa shape index (κ2) is 23.2. The van der Waals surface area contributed by atoms with Gasteiger partial charge in [-0.1, -0.05) is 57.8 Å². The van der Waals surface area contributed by atoms with Crippen LogP contribution in [0.2, 0.25) is 0 Å². The molecule has 44 aliphatic rings. The predicted molar refractivity (Wildman–Crippen MR) is 415 cm³/mol. The first kappa shape index (κ1) is 63.4. The Morgan fingerprint density at radius 2 is 0.447 bits per heavy atom. The van der Waals surface area contributed by atoms with E-state index in [0.29, 0.717) is 0 Å². The minimum absolute atomic E-state index is 0.906. The fraction of sp³-hybridized carbons (Fsp3) is 1.00. The van der Waals surface area contributed by atoms with Gasteiger partial charge in [-0.2, -0.15) is 0 Å². The van der Waals surface area contributed by atoms with Crippen LogP contribution in [0.5, 0.6) is 0 Å². The van der Waals surface area contributed by atoms with Crippen LogP contribution in [0.25, 0.3) is 0 Å². The van der Waals surface area contributed by atoms with Gasteiger partial charge in [0.25, 0.3) is 0 Å². The summed E-state index contributed by atoms with van der Waals surface area (Å²) in [5.74, 6) is 64.7. The lowest BCUT2D eigenvalue weighted by Gasteiger charge is -3.03. The third kappa shape index (κ3) is 9.25. The third-order valence-corrected chi connectivity index (χ3v) is 48.5. The Bertz CT molecular complexity index is 2860. The van der Waals surface area contributed by atoms with Gasteiger partial charge in [-0.3, -0.25) is 0 Å². The van der Waals surface area contributed by atoms with Crippen LogP contribution in [0, 0.1) is 313 Å². The molecule has 0 aliphatic heterocycles. The Labute approximate surface area is 630 Å². The summed E-state index contributed by atoms with van der Waals surface area (Å²) in [7, 11) is 0. The topological polar surface area (TPSA) is 0 Å². The average molecular weight is 1390 g/mol. The van der Waals surface area contributed by atoms with Gasteiger partial charge in [0, 0.05) is 0 Å². The van der Waals surface area contributed by atoms with Crippen LogP contribution in [-0.2, 0) is 0 Å². The zero-order valence-corrected chi connectivity index (χ0v) is 65.9. The molecule has 0 amide bonds. The van der Waals surface area contributed by atoms with Crippen LogP contribution in [0.4, 0.5) is 0 Å². The standard InChI is InChI=1S/C12H18.C12H20.C11H14.C11H18.2C10H16.C9H14.C8H8.2C7H10.C6H8/c1-2-8-5-7(1)11-9-3-4-10(6-9)12(8)11;1-2-4-9-8-10-6-7-12(9)11(10)5-3-1;1-4-5-2-9-8(1)10-6(4)3-7(5)11(9)10;1-3-9-7-10-4-2-6-11(10,5-1)8-9;1-7-2-9-4-8(1)5-10(3-7)6-9;1-2-9-7-4-5-8(6-7)10(9)3-1;1-6-2-8-4-7(1)5-9(8)3-6;1-2-5-3(1)7-4(1)6(2)8(5)7;1-4-2-6-5(1)7(6)3-4;1-2-4-6-5(3-1)7(4)6;1-2-4-5-3(1)6(4)5/h7-12H,1-6H2;9-12H,1-8H2;4-11H,1-3H2;9-10H,1-8H2;2*7-10H,1-6H2;6-9H,1-5H2;1-8H;2*4-7H,1-3H2;3-6H,1-2H2. The highest BCUT2D eigenvalue weighted by molar-refractivity contribution is 5.44. The van der Waals surface area contributed by atoms with Crippen LogP contribution < -0.4 is 0 Å². The van der Waals surface area contributed by atoms with E-state index in [4.69, 9.17) is 0 Å². The lowest BCUT2D eigenvalue weighted by molar-refractivity contribution is -0.565. The van der Waals surface area contributed by atoms with Crippen LogP contribution >= 0.6 is 0 Å². The Hall–Kier alpha value is 0. The van der Waals surface area contributed by atoms with E-state index >= 15 is 0 Å². The number of hydrogen-bond donors (Lipinski definition) is 0. The van der Waals surface area contributed by atoms with E-state index in [9.17, 15) is 0 Å². The smallest absolute Gasteiger partial charge is 0.0266 e. The van der Waals surface area contributed by atoms with Gasteiger partial charge in [0.2, 0.25) is 0 Å². The average Bonchev–Trinajstić information content (AvgIpc) is 1.31. The van der Waals surface area contributed by atoms with Crippen LogP contribution in [-0.4, -0.2) is 0 Å². The maximum Gasteiger partial charge on any atom is -0.0266 e. The minimum atomic E-state index is 0.906. The van der Waals surface area contributed by atoms with E-state index in [1.165, 1.54) is 308 Å². The molecule has 0 heteroatoms. The molecule has 44 fully saturated rings. The van der Waals surface area contributed by atoms with E-state index in [2.05, 4.69) is 0 Å². The molecule has 44 rings (SSSR count). The Morgan fingerprint density at radius 3 is 0.864 bits per heavy atom. The Balaban J connectivity index is 0.0000000625. The second-order valence-electron chi connectivity index (χ2n) is 50.7. The van der Waals surface area contributed by atoms with E-state index in [-0.39, 0.29) is 0 Å². The lowest BCUT2D eigenvalue weighted by atomic mass is 9.01. The fourth-order valence-electron chi connectivity index (χ4n) is 45.8. The normalized spacial score (nSPS) is 68.0. The van der Waals surface area contributed by atoms with Crippen LogP contribution in [0.1, 0.15) is 321 Å². The van der Waals surface area contributed by atoms with E-state index in [1.807, 2.05) is 0 Å². The molecular formula is C103H152. The van der Waals surface area contributed by atoms with E-state index in [1.54, 1.807) is 315 Å². The van der Waals surface area contributed by atoms with Gasteiger partial charge in [-0.05, 0) is 576 Å². The zero-order valence-electron chi connectivity index (χ0n) is 65.9. The lowest BCUT2D eigenvalue weighted by Crippen LogP contribution is -3.00. The molecule has 0 aromatic rings. The van der Waals surface area contributed by atoms with Crippen molar-refractivity contribution in [2.75, 3.05) is 0 Å². The number of hydrogen-bond acceptors (Lipinski definition) is 0. The summed E-state index contributed by atoms with van der Waals surface area (Å²) in [6.07, 6.45) is 80.0. The van der Waals surface area contributed by atoms with Gasteiger partial charge in [0.1, 0.15) is 0 Å². The Morgan fingerprint density at radius 1 is 0.136 bits per heavy atom. The van der Waals surface area contributed by atoms with Crippen molar-refractivity contribution in [3.8, 4) is 0 Å². The van der Waals surface area contributed by atoms with Gasteiger partial charge in [0.15, 0.2) is 0 Å². The summed E-state index contributed by atoms with van der Waals surface area (Å²) in [6, 6.07) is 0. The molecule has 0 radical (unpaired) electrons. The number of fused-ring (bicyclic) bond motifs is 20. The van der Waals surface area contributed by atoms with Crippen LogP contribution in [0.15, 0.2) is 0 Å². The highest BCUT2D eigenvalue weighted by Crippen LogP contribution is 3.01. The van der Waals surface area contributed by atoms with Crippen molar-refractivity contribution in [3.63, 3.8) is 0 Å². The molecule has 103 heavy (non-hydrogen) atoms. The molecule has 564 valence electrons. The fourth-order valence-corrected chi connectivity index (χ4v) is 45.8. The van der Waals surface area contributed by atoms with Crippen molar-refractivity contribution in [2.45, 2.75) is 321 Å². The van der Waals surface area contributed by atoms with Gasteiger partial charge >= 0.3 is 0 Å². The maximum atomic E-state index is 1.68. The minimum Gasteiger partial charge on any atom is -0.0533 e. The van der Waals surface area contributed by atoms with E-state index in [0.717, 1.165) is 11.3 Å². The van der Waals surface area contributed by atoms with Crippen LogP contribution in [0.3, 0.4) is 0 Å². The predicted octanol–water partition coefficient (Wildman–Crippen LogP) is 25.9. The first-order valence-electron chi connectivity index (χ1n) is 50.9. The monoisotopic (exact) mass is 1390 g/mol. The second-order valence-corrected chi connectivity index (χ2v) is 50.7. The maximum absolute atomic E-state index is 1.68. The van der Waals surface area contributed by atoms with Crippen molar-refractivity contribution in [1.29, 1.82) is 0 Å². The highest BCUT2D eigenvalue weighted by Gasteiger charge is 2.98. The van der Waals surface area contributed by atoms with Gasteiger partial charge in [-0.25, -0.2) is 0 Å². The molecule has 30 bridgehead atoms. The molecule has 44 saturated carbocycles. The molecular weight excluding hydrogens is 1240 g/mol. The summed E-state index contributed by atoms with van der Waals surface area (Å²) in [6.45, 7) is 0. The molecule has 23 unspecified atom stereocenters. The van der Waals surface area contributed by atoms with Crippen molar-refractivity contribution in [1.82, 2.24) is 0 Å². The molecule has 0 N–H and O–H groups in total. The highest BCUT2D eigenvalue weighted by atomic mass is 15.0. The molecule has 44 aliphatic carbocycles. The summed E-state index contributed by atoms with van der Waals surface area (Å²) < 4.78 is 0. The molecule has 0 aromatic carbocycles. The third-order valence-electron chi connectivity index (χ3n) is 48.5. The Kier molecular flexibility index (Phi) is 14.3. The van der Waals surface area contributed by atoms with Crippen molar-refractivity contribution in [2.24, 2.45) is 313 Å². The van der Waals surface area contributed by atoms with Crippen molar-refractivity contribution < 1.29 is 0 Å². The van der Waals surface area contributed by atoms with E-state index < -0.39 is 0 Å². The first-order chi connectivity index (χ1) is 50.9. The molecule has 0 heterocycles. The largest absolute Gasteiger partial charge is 0.0533 e. The summed E-state index contributed by atoms with van der Waals surface area (Å²) in [5.41, 5.74) is 0.906. The summed E-state index contributed by atoms with van der Waals surface area (Å²) in [5, 5.41) is 0. The molecule has 0 nitrogen and oxygen atoms in total. The van der Waals surface area contributed by atoms with Crippen molar-refractivity contribution in [3.05, 3.63) is 0 Å². The molecule has 0 aromatic heterocycles. The summed E-state index contributed by atoms with van der Waals surface area (Å²) >= 11 is 0. The summed E-state index contributed by atoms with van der Waals surface area (Å²) in [4.78, 5) is 0. The SMILES string of the molecule is C12C3C4C1C1C2C3C41.C1C2C3CC4C5CC3C1C5C24.C1C2CC3C1C3C2.C1C2CC3CC1CC(C2)C3.C1C2CC3CC1CC3C2.C1CC2C3C(C1)C23.C1CC2C3C1C23.C1CC2C3CCC(C3)C2C1.C1CC2CC1C1C3CCC(C3)C21.C1CC2CC3CCCC3(C1)C2.C1CCC2CC3CCC2C3CC1.